The lowest BCUT2D eigenvalue weighted by Crippen LogP contribution is -2.42. The van der Waals surface area contributed by atoms with Gasteiger partial charge in [-0.25, -0.2) is 4.98 Å². The molecule has 4 heteroatoms. The highest BCUT2D eigenvalue weighted by Crippen LogP contribution is 2.35. The topological polar surface area (TPSA) is 38.1 Å². The predicted octanol–water partition coefficient (Wildman–Crippen LogP) is 2.78. The lowest BCUT2D eigenvalue weighted by molar-refractivity contribution is -0.134. The van der Waals surface area contributed by atoms with Crippen molar-refractivity contribution in [3.8, 4) is 0 Å². The molecular weight excluding hydrogens is 274 g/mol. The Morgan fingerprint density at radius 3 is 3.00 bits per heavy atom. The van der Waals surface area contributed by atoms with Gasteiger partial charge in [-0.05, 0) is 36.8 Å². The maximum absolute atomic E-state index is 13.0. The Bertz CT molecular complexity index is 665. The van der Waals surface area contributed by atoms with Gasteiger partial charge in [-0.2, -0.15) is 0 Å². The van der Waals surface area contributed by atoms with Gasteiger partial charge in [-0.3, -0.25) is 4.79 Å². The number of imidazole rings is 1. The van der Waals surface area contributed by atoms with E-state index in [0.29, 0.717) is 11.9 Å². The average Bonchev–Trinajstić information content (AvgIpc) is 3.24. The largest absolute Gasteiger partial charge is 0.340 e. The summed E-state index contributed by atoms with van der Waals surface area (Å²) < 4.78 is 2.14. The Labute approximate surface area is 130 Å². The van der Waals surface area contributed by atoms with Crippen LogP contribution in [-0.2, 0) is 11.2 Å². The van der Waals surface area contributed by atoms with E-state index in [1.165, 1.54) is 11.1 Å². The molecule has 0 saturated carbocycles. The second kappa shape index (κ2) is 5.59. The van der Waals surface area contributed by atoms with Crippen molar-refractivity contribution in [2.24, 2.45) is 0 Å². The van der Waals surface area contributed by atoms with Gasteiger partial charge < -0.3 is 9.47 Å². The van der Waals surface area contributed by atoms with Crippen molar-refractivity contribution in [2.75, 3.05) is 13.1 Å². The molecule has 1 aromatic heterocycles. The van der Waals surface area contributed by atoms with Crippen molar-refractivity contribution in [2.45, 2.75) is 37.6 Å². The summed E-state index contributed by atoms with van der Waals surface area (Å²) in [5.41, 5.74) is 2.60. The Morgan fingerprint density at radius 2 is 2.14 bits per heavy atom. The van der Waals surface area contributed by atoms with E-state index >= 15 is 0 Å². The molecule has 4 nitrogen and oxygen atoms in total. The number of aromatic nitrogens is 2. The lowest BCUT2D eigenvalue weighted by Gasteiger charge is -2.35. The maximum Gasteiger partial charge on any atom is 0.230 e. The van der Waals surface area contributed by atoms with E-state index in [1.54, 1.807) is 0 Å². The molecule has 0 unspecified atom stereocenters. The SMILES string of the molecule is O=C([C@@H]1CCc2ccccc21)N1CCC[C@@H](n2ccnc2)C1. The molecule has 1 saturated heterocycles. The molecule has 1 aliphatic heterocycles. The first-order chi connectivity index (χ1) is 10.8. The van der Waals surface area contributed by atoms with E-state index in [1.807, 2.05) is 18.7 Å². The number of fused-ring (bicyclic) bond motifs is 1. The zero-order valence-corrected chi connectivity index (χ0v) is 12.7. The zero-order chi connectivity index (χ0) is 14.9. The number of carbonyl (C=O) groups is 1. The van der Waals surface area contributed by atoms with Gasteiger partial charge in [-0.15, -0.1) is 0 Å². The third-order valence-electron chi connectivity index (χ3n) is 5.09. The summed E-state index contributed by atoms with van der Waals surface area (Å²) in [6, 6.07) is 8.78. The van der Waals surface area contributed by atoms with Crippen molar-refractivity contribution < 1.29 is 4.79 Å². The molecular formula is C18H21N3O. The number of likely N-dealkylation sites (tertiary alicyclic amines) is 1. The first-order valence-corrected chi connectivity index (χ1v) is 8.17. The summed E-state index contributed by atoms with van der Waals surface area (Å²) in [7, 11) is 0. The summed E-state index contributed by atoms with van der Waals surface area (Å²) >= 11 is 0. The Morgan fingerprint density at radius 1 is 1.23 bits per heavy atom. The summed E-state index contributed by atoms with van der Waals surface area (Å²) in [4.78, 5) is 19.2. The maximum atomic E-state index is 13.0. The molecule has 2 atom stereocenters. The number of amides is 1. The van der Waals surface area contributed by atoms with Crippen LogP contribution in [0.2, 0.25) is 0 Å². The van der Waals surface area contributed by atoms with Gasteiger partial charge in [0.15, 0.2) is 0 Å². The number of benzene rings is 1. The average molecular weight is 295 g/mol. The van der Waals surface area contributed by atoms with Crippen molar-refractivity contribution in [1.29, 1.82) is 0 Å². The van der Waals surface area contributed by atoms with Crippen LogP contribution in [0.25, 0.3) is 0 Å². The number of rotatable bonds is 2. The summed E-state index contributed by atoms with van der Waals surface area (Å²) in [5.74, 6) is 0.382. The first-order valence-electron chi connectivity index (χ1n) is 8.17. The van der Waals surface area contributed by atoms with Crippen LogP contribution in [0.4, 0.5) is 0 Å². The van der Waals surface area contributed by atoms with Crippen LogP contribution in [-0.4, -0.2) is 33.4 Å². The standard InChI is InChI=1S/C18H21N3O/c22-18(17-8-7-14-4-1-2-6-16(14)17)20-10-3-5-15(12-20)21-11-9-19-13-21/h1-2,4,6,9,11,13,15,17H,3,5,7-8,10,12H2/t15-,17-/m1/s1. The molecule has 4 rings (SSSR count). The van der Waals surface area contributed by atoms with E-state index < -0.39 is 0 Å². The molecule has 2 aliphatic rings. The molecule has 1 aromatic carbocycles. The third kappa shape index (κ3) is 2.32. The third-order valence-corrected chi connectivity index (χ3v) is 5.09. The van der Waals surface area contributed by atoms with Gasteiger partial charge in [-0.1, -0.05) is 24.3 Å². The van der Waals surface area contributed by atoms with Gasteiger partial charge in [0.1, 0.15) is 0 Å². The minimum Gasteiger partial charge on any atom is -0.340 e. The highest BCUT2D eigenvalue weighted by atomic mass is 16.2. The van der Waals surface area contributed by atoms with Gasteiger partial charge in [0.05, 0.1) is 18.3 Å². The molecule has 1 fully saturated rings. The van der Waals surface area contributed by atoms with Gasteiger partial charge in [0.2, 0.25) is 5.91 Å². The second-order valence-corrected chi connectivity index (χ2v) is 6.38. The van der Waals surface area contributed by atoms with Crippen LogP contribution in [0, 0.1) is 0 Å². The number of hydrogen-bond donors (Lipinski definition) is 0. The van der Waals surface area contributed by atoms with Crippen molar-refractivity contribution in [1.82, 2.24) is 14.5 Å². The summed E-state index contributed by atoms with van der Waals surface area (Å²) in [6.07, 6.45) is 9.88. The fraction of sp³-hybridized carbons (Fsp3) is 0.444. The number of aryl methyl sites for hydroxylation is 1. The Balaban J connectivity index is 1.51. The second-order valence-electron chi connectivity index (χ2n) is 6.38. The predicted molar refractivity (Wildman–Crippen MR) is 84.6 cm³/mol. The smallest absolute Gasteiger partial charge is 0.230 e. The van der Waals surface area contributed by atoms with Gasteiger partial charge >= 0.3 is 0 Å². The summed E-state index contributed by atoms with van der Waals surface area (Å²) in [5, 5.41) is 0. The van der Waals surface area contributed by atoms with Gasteiger partial charge in [0, 0.05) is 25.5 Å². The molecule has 0 bridgehead atoms. The van der Waals surface area contributed by atoms with Crippen LogP contribution < -0.4 is 0 Å². The zero-order valence-electron chi connectivity index (χ0n) is 12.7. The molecule has 2 aromatic rings. The van der Waals surface area contributed by atoms with E-state index in [9.17, 15) is 4.79 Å². The van der Waals surface area contributed by atoms with E-state index in [-0.39, 0.29) is 5.92 Å². The quantitative estimate of drug-likeness (QED) is 0.854. The lowest BCUT2D eigenvalue weighted by atomic mass is 9.97. The highest BCUT2D eigenvalue weighted by Gasteiger charge is 2.33. The van der Waals surface area contributed by atoms with Crippen LogP contribution in [0.5, 0.6) is 0 Å². The fourth-order valence-corrected chi connectivity index (χ4v) is 3.92. The molecule has 114 valence electrons. The van der Waals surface area contributed by atoms with Crippen LogP contribution in [0.3, 0.4) is 0 Å². The van der Waals surface area contributed by atoms with Crippen LogP contribution in [0.1, 0.15) is 42.3 Å². The molecule has 2 heterocycles. The fourth-order valence-electron chi connectivity index (χ4n) is 3.92. The number of hydrogen-bond acceptors (Lipinski definition) is 2. The molecule has 22 heavy (non-hydrogen) atoms. The molecule has 0 radical (unpaired) electrons. The van der Waals surface area contributed by atoms with Crippen molar-refractivity contribution in [3.05, 3.63) is 54.1 Å². The van der Waals surface area contributed by atoms with Crippen molar-refractivity contribution in [3.63, 3.8) is 0 Å². The van der Waals surface area contributed by atoms with E-state index in [4.69, 9.17) is 0 Å². The van der Waals surface area contributed by atoms with Crippen LogP contribution >= 0.6 is 0 Å². The minimum atomic E-state index is 0.0673. The first kappa shape index (κ1) is 13.6. The highest BCUT2D eigenvalue weighted by molar-refractivity contribution is 5.85. The molecule has 0 spiro atoms. The normalized spacial score (nSPS) is 24.3. The Hall–Kier alpha value is -2.10. The number of nitrogens with zero attached hydrogens (tertiary/aromatic N) is 3. The van der Waals surface area contributed by atoms with Gasteiger partial charge in [0.25, 0.3) is 0 Å². The summed E-state index contributed by atoms with van der Waals surface area (Å²) in [6.45, 7) is 1.70. The molecule has 1 aliphatic carbocycles. The van der Waals surface area contributed by atoms with E-state index in [2.05, 4.69) is 38.7 Å². The monoisotopic (exact) mass is 295 g/mol. The number of piperidine rings is 1. The number of carbonyl (C=O) groups excluding carboxylic acids is 1. The Kier molecular flexibility index (Phi) is 3.45. The minimum absolute atomic E-state index is 0.0673. The van der Waals surface area contributed by atoms with Crippen molar-refractivity contribution >= 4 is 5.91 Å². The van der Waals surface area contributed by atoms with E-state index in [0.717, 1.165) is 38.8 Å². The van der Waals surface area contributed by atoms with Crippen LogP contribution in [0.15, 0.2) is 43.0 Å². The molecule has 1 amide bonds. The molecule has 0 N–H and O–H groups in total.